The second kappa shape index (κ2) is 9.34. The van der Waals surface area contributed by atoms with E-state index >= 15 is 0 Å². The number of hydrogen-bond acceptors (Lipinski definition) is 7. The maximum atomic E-state index is 12.7. The number of benzene rings is 2. The summed E-state index contributed by atoms with van der Waals surface area (Å²) in [7, 11) is -3.70. The standard InChI is InChI=1S/C22H19ClN2O7S/c23-15-5-7-16(8-6-15)33(29,30)25-11-9-24(10-12-25)21(27)14-31-22(28)20-13-18(26)17-3-1-2-4-19(17)32-20/h1-8,13H,9-12,14H2. The maximum Gasteiger partial charge on any atom is 0.374 e. The third-order valence-corrected chi connectivity index (χ3v) is 7.37. The van der Waals surface area contributed by atoms with Crippen molar-refractivity contribution < 1.29 is 27.2 Å². The molecule has 1 aliphatic heterocycles. The average Bonchev–Trinajstić information content (AvgIpc) is 2.82. The fourth-order valence-corrected chi connectivity index (χ4v) is 4.98. The number of para-hydroxylation sites is 1. The predicted octanol–water partition coefficient (Wildman–Crippen LogP) is 2.14. The number of rotatable bonds is 5. The van der Waals surface area contributed by atoms with Gasteiger partial charge in [0.05, 0.1) is 10.3 Å². The quantitative estimate of drug-likeness (QED) is 0.503. The Morgan fingerprint density at radius 3 is 2.36 bits per heavy atom. The molecule has 0 N–H and O–H groups in total. The fraction of sp³-hybridized carbons (Fsp3) is 0.227. The van der Waals surface area contributed by atoms with Crippen molar-refractivity contribution in [2.75, 3.05) is 32.8 Å². The SMILES string of the molecule is O=C(OCC(=O)N1CCN(S(=O)(=O)c2ccc(Cl)cc2)CC1)c1cc(=O)c2ccccc2o1. The highest BCUT2D eigenvalue weighted by atomic mass is 35.5. The van der Waals surface area contributed by atoms with E-state index in [0.29, 0.717) is 10.4 Å². The zero-order valence-electron chi connectivity index (χ0n) is 17.3. The van der Waals surface area contributed by atoms with Gasteiger partial charge in [0.25, 0.3) is 5.91 Å². The molecule has 1 aliphatic rings. The van der Waals surface area contributed by atoms with E-state index in [1.165, 1.54) is 33.5 Å². The molecule has 0 bridgehead atoms. The topological polar surface area (TPSA) is 114 Å². The van der Waals surface area contributed by atoms with Crippen LogP contribution >= 0.6 is 11.6 Å². The van der Waals surface area contributed by atoms with E-state index in [1.54, 1.807) is 24.3 Å². The van der Waals surface area contributed by atoms with Gasteiger partial charge >= 0.3 is 5.97 Å². The normalized spacial score (nSPS) is 14.9. The molecule has 1 aromatic heterocycles. The minimum atomic E-state index is -3.70. The lowest BCUT2D eigenvalue weighted by molar-refractivity contribution is -0.135. The predicted molar refractivity (Wildman–Crippen MR) is 120 cm³/mol. The van der Waals surface area contributed by atoms with Crippen LogP contribution in [0.2, 0.25) is 5.02 Å². The first-order valence-electron chi connectivity index (χ1n) is 9.99. The van der Waals surface area contributed by atoms with Crippen molar-refractivity contribution in [1.82, 2.24) is 9.21 Å². The van der Waals surface area contributed by atoms with Crippen LogP contribution in [0.15, 0.2) is 68.7 Å². The van der Waals surface area contributed by atoms with Crippen molar-refractivity contribution in [3.05, 3.63) is 75.6 Å². The molecule has 2 heterocycles. The summed E-state index contributed by atoms with van der Waals surface area (Å²) < 4.78 is 37.2. The molecule has 0 atom stereocenters. The first kappa shape index (κ1) is 23.0. The highest BCUT2D eigenvalue weighted by Crippen LogP contribution is 2.20. The number of ether oxygens (including phenoxy) is 1. The van der Waals surface area contributed by atoms with Crippen LogP contribution in [0.4, 0.5) is 0 Å². The van der Waals surface area contributed by atoms with E-state index in [1.807, 2.05) is 0 Å². The van der Waals surface area contributed by atoms with Gasteiger partial charge in [0.1, 0.15) is 5.58 Å². The molecular weight excluding hydrogens is 472 g/mol. The van der Waals surface area contributed by atoms with Gasteiger partial charge in [-0.3, -0.25) is 9.59 Å². The smallest absolute Gasteiger partial charge is 0.374 e. The second-order valence-corrected chi connectivity index (χ2v) is 9.66. The Labute approximate surface area is 194 Å². The van der Waals surface area contributed by atoms with Crippen molar-refractivity contribution in [3.63, 3.8) is 0 Å². The minimum Gasteiger partial charge on any atom is -0.450 e. The summed E-state index contributed by atoms with van der Waals surface area (Å²) in [6.45, 7) is -0.0593. The van der Waals surface area contributed by atoms with Crippen molar-refractivity contribution in [2.24, 2.45) is 0 Å². The summed E-state index contributed by atoms with van der Waals surface area (Å²) in [5, 5.41) is 0.762. The van der Waals surface area contributed by atoms with E-state index in [-0.39, 0.29) is 42.4 Å². The number of amides is 1. The summed E-state index contributed by atoms with van der Waals surface area (Å²) in [6, 6.07) is 13.4. The highest BCUT2D eigenvalue weighted by molar-refractivity contribution is 7.89. The van der Waals surface area contributed by atoms with Gasteiger partial charge in [0.15, 0.2) is 12.0 Å². The molecule has 9 nitrogen and oxygen atoms in total. The van der Waals surface area contributed by atoms with E-state index in [4.69, 9.17) is 20.8 Å². The van der Waals surface area contributed by atoms with Gasteiger partial charge in [-0.1, -0.05) is 23.7 Å². The lowest BCUT2D eigenvalue weighted by Gasteiger charge is -2.33. The minimum absolute atomic E-state index is 0.101. The van der Waals surface area contributed by atoms with Gasteiger partial charge in [0, 0.05) is 37.3 Å². The Hall–Kier alpha value is -3.21. The van der Waals surface area contributed by atoms with Crippen molar-refractivity contribution in [2.45, 2.75) is 4.90 Å². The molecule has 11 heteroatoms. The zero-order valence-corrected chi connectivity index (χ0v) is 18.8. The molecule has 33 heavy (non-hydrogen) atoms. The fourth-order valence-electron chi connectivity index (χ4n) is 3.43. The summed E-state index contributed by atoms with van der Waals surface area (Å²) >= 11 is 5.82. The van der Waals surface area contributed by atoms with E-state index < -0.39 is 33.9 Å². The molecule has 0 radical (unpaired) electrons. The lowest BCUT2D eigenvalue weighted by Crippen LogP contribution is -2.51. The monoisotopic (exact) mass is 490 g/mol. The second-order valence-electron chi connectivity index (χ2n) is 7.29. The molecule has 0 aliphatic carbocycles. The van der Waals surface area contributed by atoms with Crippen LogP contribution < -0.4 is 5.43 Å². The van der Waals surface area contributed by atoms with Gasteiger partial charge in [0.2, 0.25) is 15.8 Å². The number of hydrogen-bond donors (Lipinski definition) is 0. The largest absolute Gasteiger partial charge is 0.450 e. The average molecular weight is 491 g/mol. The third kappa shape index (κ3) is 4.92. The van der Waals surface area contributed by atoms with Crippen LogP contribution in [-0.2, 0) is 19.6 Å². The Kier molecular flexibility index (Phi) is 6.50. The molecule has 1 amide bonds. The molecule has 0 saturated carbocycles. The molecule has 0 unspecified atom stereocenters. The van der Waals surface area contributed by atoms with E-state index in [2.05, 4.69) is 0 Å². The van der Waals surface area contributed by atoms with Crippen molar-refractivity contribution in [3.8, 4) is 0 Å². The van der Waals surface area contributed by atoms with Crippen LogP contribution in [0.5, 0.6) is 0 Å². The van der Waals surface area contributed by atoms with Crippen LogP contribution in [0.1, 0.15) is 10.6 Å². The van der Waals surface area contributed by atoms with Gasteiger partial charge in [-0.05, 0) is 36.4 Å². The number of piperazine rings is 1. The van der Waals surface area contributed by atoms with Gasteiger partial charge in [-0.2, -0.15) is 4.31 Å². The summed E-state index contributed by atoms with van der Waals surface area (Å²) in [6.07, 6.45) is 0. The number of sulfonamides is 1. The number of halogens is 1. The van der Waals surface area contributed by atoms with Crippen molar-refractivity contribution >= 4 is 44.5 Å². The van der Waals surface area contributed by atoms with Crippen LogP contribution in [-0.4, -0.2) is 62.3 Å². The lowest BCUT2D eigenvalue weighted by atomic mass is 10.2. The maximum absolute atomic E-state index is 12.7. The summed E-state index contributed by atoms with van der Waals surface area (Å²) in [4.78, 5) is 38.4. The number of esters is 1. The molecular formula is C22H19ClN2O7S. The highest BCUT2D eigenvalue weighted by Gasteiger charge is 2.30. The Balaban J connectivity index is 1.33. The molecule has 172 valence electrons. The van der Waals surface area contributed by atoms with Crippen LogP contribution in [0.3, 0.4) is 0 Å². The number of nitrogens with zero attached hydrogens (tertiary/aromatic N) is 2. The van der Waals surface area contributed by atoms with Crippen LogP contribution in [0, 0.1) is 0 Å². The number of fused-ring (bicyclic) bond motifs is 1. The molecule has 3 aromatic rings. The first-order chi connectivity index (χ1) is 15.8. The third-order valence-electron chi connectivity index (χ3n) is 5.21. The summed E-state index contributed by atoms with van der Waals surface area (Å²) in [5.41, 5.74) is -0.158. The first-order valence-corrected chi connectivity index (χ1v) is 11.8. The molecule has 4 rings (SSSR count). The Bertz CT molecular complexity index is 1360. The Morgan fingerprint density at radius 1 is 1.00 bits per heavy atom. The molecule has 1 fully saturated rings. The number of carbonyl (C=O) groups excluding carboxylic acids is 2. The Morgan fingerprint density at radius 2 is 1.67 bits per heavy atom. The van der Waals surface area contributed by atoms with Gasteiger partial charge < -0.3 is 14.1 Å². The van der Waals surface area contributed by atoms with E-state index in [0.717, 1.165) is 6.07 Å². The summed E-state index contributed by atoms with van der Waals surface area (Å²) in [5.74, 6) is -1.71. The molecule has 0 spiro atoms. The number of carbonyl (C=O) groups is 2. The molecule has 2 aromatic carbocycles. The van der Waals surface area contributed by atoms with Gasteiger partial charge in [-0.25, -0.2) is 13.2 Å². The van der Waals surface area contributed by atoms with E-state index in [9.17, 15) is 22.8 Å². The van der Waals surface area contributed by atoms with Gasteiger partial charge in [-0.15, -0.1) is 0 Å². The zero-order chi connectivity index (χ0) is 23.6. The van der Waals surface area contributed by atoms with Crippen molar-refractivity contribution in [1.29, 1.82) is 0 Å². The molecule has 1 saturated heterocycles. The van der Waals surface area contributed by atoms with Crippen LogP contribution in [0.25, 0.3) is 11.0 Å².